The highest BCUT2D eigenvalue weighted by Gasteiger charge is 2.27. The lowest BCUT2D eigenvalue weighted by Crippen LogP contribution is -2.44. The van der Waals surface area contributed by atoms with Gasteiger partial charge in [0.25, 0.3) is 11.8 Å². The molecule has 156 valence electrons. The second-order valence-corrected chi connectivity index (χ2v) is 6.41. The molecule has 2 N–H and O–H groups in total. The fourth-order valence-corrected chi connectivity index (χ4v) is 2.95. The van der Waals surface area contributed by atoms with Crippen molar-refractivity contribution in [2.75, 3.05) is 37.0 Å². The highest BCUT2D eigenvalue weighted by atomic mass is 16.5. The summed E-state index contributed by atoms with van der Waals surface area (Å²) >= 11 is 0. The standard InChI is InChI=1S/C21H21N3O6/c1-29-17-9-5-2-6-14(17)21(28)22-11-10-20(27)30-13-19(26)24-12-18(25)23-15-7-3-4-8-16(15)24/h2-9H,10-13H2,1H3,(H,22,28)(H,23,25). The second-order valence-electron chi connectivity index (χ2n) is 6.41. The van der Waals surface area contributed by atoms with Crippen LogP contribution in [-0.2, 0) is 19.1 Å². The molecule has 0 radical (unpaired) electrons. The molecule has 0 bridgehead atoms. The molecule has 2 aromatic rings. The van der Waals surface area contributed by atoms with Crippen LogP contribution in [-0.4, -0.2) is 50.5 Å². The zero-order chi connectivity index (χ0) is 21.5. The minimum Gasteiger partial charge on any atom is -0.496 e. The zero-order valence-corrected chi connectivity index (χ0v) is 16.3. The molecule has 9 nitrogen and oxygen atoms in total. The number of rotatable bonds is 7. The van der Waals surface area contributed by atoms with E-state index in [1.807, 2.05) is 0 Å². The number of carbonyl (C=O) groups is 4. The van der Waals surface area contributed by atoms with Crippen LogP contribution in [0.2, 0.25) is 0 Å². The summed E-state index contributed by atoms with van der Waals surface area (Å²) in [5.74, 6) is -1.43. The predicted octanol–water partition coefficient (Wildman–Crippen LogP) is 1.34. The fourth-order valence-electron chi connectivity index (χ4n) is 2.95. The lowest BCUT2D eigenvalue weighted by atomic mass is 10.2. The van der Waals surface area contributed by atoms with Crippen molar-refractivity contribution in [1.29, 1.82) is 0 Å². The highest BCUT2D eigenvalue weighted by molar-refractivity contribution is 6.10. The lowest BCUT2D eigenvalue weighted by molar-refractivity contribution is -0.147. The average molecular weight is 411 g/mol. The summed E-state index contributed by atoms with van der Waals surface area (Å²) in [6.07, 6.45) is -0.106. The Morgan fingerprint density at radius 2 is 1.83 bits per heavy atom. The Kier molecular flexibility index (Phi) is 6.63. The zero-order valence-electron chi connectivity index (χ0n) is 16.3. The van der Waals surface area contributed by atoms with Gasteiger partial charge in [-0.1, -0.05) is 24.3 Å². The van der Waals surface area contributed by atoms with Gasteiger partial charge in [0.1, 0.15) is 12.3 Å². The number of carbonyl (C=O) groups excluding carboxylic acids is 4. The molecule has 1 aliphatic rings. The van der Waals surface area contributed by atoms with Crippen LogP contribution in [0, 0.1) is 0 Å². The van der Waals surface area contributed by atoms with Gasteiger partial charge in [0, 0.05) is 6.54 Å². The summed E-state index contributed by atoms with van der Waals surface area (Å²) in [4.78, 5) is 49.6. The third-order valence-electron chi connectivity index (χ3n) is 4.39. The number of para-hydroxylation sites is 3. The molecule has 3 rings (SSSR count). The molecular formula is C21H21N3O6. The number of nitrogens with one attached hydrogen (secondary N) is 2. The molecule has 0 spiro atoms. The normalized spacial score (nSPS) is 12.4. The molecule has 0 fully saturated rings. The smallest absolute Gasteiger partial charge is 0.308 e. The number of ether oxygens (including phenoxy) is 2. The van der Waals surface area contributed by atoms with Gasteiger partial charge >= 0.3 is 5.97 Å². The molecular weight excluding hydrogens is 390 g/mol. The summed E-state index contributed by atoms with van der Waals surface area (Å²) in [6, 6.07) is 13.6. The Labute approximate surface area is 172 Å². The number of esters is 1. The summed E-state index contributed by atoms with van der Waals surface area (Å²) < 4.78 is 10.1. The van der Waals surface area contributed by atoms with Crippen molar-refractivity contribution < 1.29 is 28.7 Å². The number of anilines is 2. The van der Waals surface area contributed by atoms with E-state index < -0.39 is 18.5 Å². The molecule has 0 saturated carbocycles. The quantitative estimate of drug-likeness (QED) is 0.665. The van der Waals surface area contributed by atoms with Crippen LogP contribution in [0.3, 0.4) is 0 Å². The number of hydrogen-bond acceptors (Lipinski definition) is 6. The first-order valence-electron chi connectivity index (χ1n) is 9.25. The Morgan fingerprint density at radius 1 is 1.10 bits per heavy atom. The number of hydrogen-bond donors (Lipinski definition) is 2. The number of nitrogens with zero attached hydrogens (tertiary/aromatic N) is 1. The number of methoxy groups -OCH3 is 1. The molecule has 1 heterocycles. The van der Waals surface area contributed by atoms with E-state index in [9.17, 15) is 19.2 Å². The van der Waals surface area contributed by atoms with Crippen LogP contribution in [0.15, 0.2) is 48.5 Å². The lowest BCUT2D eigenvalue weighted by Gasteiger charge is -2.28. The van der Waals surface area contributed by atoms with Gasteiger partial charge in [0.05, 0.1) is 30.5 Å². The molecule has 3 amide bonds. The van der Waals surface area contributed by atoms with Crippen molar-refractivity contribution in [3.8, 4) is 5.75 Å². The van der Waals surface area contributed by atoms with E-state index in [1.54, 1.807) is 48.5 Å². The van der Waals surface area contributed by atoms with Gasteiger partial charge in [-0.15, -0.1) is 0 Å². The molecule has 2 aromatic carbocycles. The van der Waals surface area contributed by atoms with E-state index in [1.165, 1.54) is 12.0 Å². The van der Waals surface area contributed by atoms with Crippen LogP contribution in [0.5, 0.6) is 5.75 Å². The molecule has 0 aliphatic carbocycles. The maximum atomic E-state index is 12.4. The molecule has 0 unspecified atom stereocenters. The minimum absolute atomic E-state index is 0.0405. The van der Waals surface area contributed by atoms with Crippen LogP contribution in [0.4, 0.5) is 11.4 Å². The second kappa shape index (κ2) is 9.55. The van der Waals surface area contributed by atoms with Gasteiger partial charge in [0.15, 0.2) is 6.61 Å². The predicted molar refractivity (Wildman–Crippen MR) is 108 cm³/mol. The largest absolute Gasteiger partial charge is 0.496 e. The van der Waals surface area contributed by atoms with Gasteiger partial charge in [-0.2, -0.15) is 0 Å². The Balaban J connectivity index is 1.46. The van der Waals surface area contributed by atoms with Crippen LogP contribution in [0.1, 0.15) is 16.8 Å². The maximum Gasteiger partial charge on any atom is 0.308 e. The molecule has 9 heteroatoms. The Bertz CT molecular complexity index is 975. The minimum atomic E-state index is -0.640. The van der Waals surface area contributed by atoms with Crippen LogP contribution >= 0.6 is 0 Å². The van der Waals surface area contributed by atoms with Crippen molar-refractivity contribution in [3.63, 3.8) is 0 Å². The third-order valence-corrected chi connectivity index (χ3v) is 4.39. The maximum absolute atomic E-state index is 12.4. The third kappa shape index (κ3) is 4.93. The first-order chi connectivity index (χ1) is 14.5. The van der Waals surface area contributed by atoms with Gasteiger partial charge < -0.3 is 20.1 Å². The summed E-state index contributed by atoms with van der Waals surface area (Å²) in [6.45, 7) is -0.609. The fraction of sp³-hybridized carbons (Fsp3) is 0.238. The van der Waals surface area contributed by atoms with Crippen molar-refractivity contribution in [2.24, 2.45) is 0 Å². The molecule has 0 aromatic heterocycles. The molecule has 0 atom stereocenters. The number of benzene rings is 2. The van der Waals surface area contributed by atoms with E-state index in [0.29, 0.717) is 22.7 Å². The van der Waals surface area contributed by atoms with E-state index in [4.69, 9.17) is 9.47 Å². The van der Waals surface area contributed by atoms with Crippen LogP contribution < -0.4 is 20.3 Å². The average Bonchev–Trinajstić information content (AvgIpc) is 2.76. The Morgan fingerprint density at radius 3 is 2.63 bits per heavy atom. The van der Waals surface area contributed by atoms with Crippen LogP contribution in [0.25, 0.3) is 0 Å². The van der Waals surface area contributed by atoms with Crippen molar-refractivity contribution in [1.82, 2.24) is 5.32 Å². The summed E-state index contributed by atoms with van der Waals surface area (Å²) in [5.41, 5.74) is 1.42. The van der Waals surface area contributed by atoms with Gasteiger partial charge in [-0.3, -0.25) is 24.1 Å². The Hall–Kier alpha value is -3.88. The SMILES string of the molecule is COc1ccccc1C(=O)NCCC(=O)OCC(=O)N1CC(=O)Nc2ccccc21. The van der Waals surface area contributed by atoms with E-state index in [0.717, 1.165) is 0 Å². The molecule has 1 aliphatic heterocycles. The summed E-state index contributed by atoms with van der Waals surface area (Å²) in [5, 5.41) is 5.29. The highest BCUT2D eigenvalue weighted by Crippen LogP contribution is 2.28. The molecule has 30 heavy (non-hydrogen) atoms. The topological polar surface area (TPSA) is 114 Å². The van der Waals surface area contributed by atoms with Crippen molar-refractivity contribution in [3.05, 3.63) is 54.1 Å². The van der Waals surface area contributed by atoms with E-state index in [-0.39, 0.29) is 31.3 Å². The number of fused-ring (bicyclic) bond motifs is 1. The van der Waals surface area contributed by atoms with E-state index in [2.05, 4.69) is 10.6 Å². The van der Waals surface area contributed by atoms with Gasteiger partial charge in [-0.25, -0.2) is 0 Å². The monoisotopic (exact) mass is 411 g/mol. The van der Waals surface area contributed by atoms with Gasteiger partial charge in [0.2, 0.25) is 5.91 Å². The van der Waals surface area contributed by atoms with Crippen molar-refractivity contribution in [2.45, 2.75) is 6.42 Å². The van der Waals surface area contributed by atoms with Gasteiger partial charge in [-0.05, 0) is 24.3 Å². The molecule has 0 saturated heterocycles. The first kappa shape index (κ1) is 20.8. The first-order valence-corrected chi connectivity index (χ1v) is 9.25. The summed E-state index contributed by atoms with van der Waals surface area (Å²) in [7, 11) is 1.46. The number of amides is 3. The van der Waals surface area contributed by atoms with E-state index >= 15 is 0 Å². The van der Waals surface area contributed by atoms with Crippen molar-refractivity contribution >= 4 is 35.1 Å².